The molecule has 4 rings (SSSR count). The summed E-state index contributed by atoms with van der Waals surface area (Å²) >= 11 is 0.918. The number of alkyl halides is 5. The normalized spacial score (nSPS) is 16.4. The number of H-pyrrole nitrogens is 1. The van der Waals surface area contributed by atoms with Gasteiger partial charge in [0.2, 0.25) is 0 Å². The van der Waals surface area contributed by atoms with Crippen LogP contribution < -0.4 is 4.72 Å². The summed E-state index contributed by atoms with van der Waals surface area (Å²) in [5.41, 5.74) is -0.689. The highest BCUT2D eigenvalue weighted by Gasteiger charge is 2.43. The van der Waals surface area contributed by atoms with E-state index >= 15 is 0 Å². The lowest BCUT2D eigenvalue weighted by Gasteiger charge is -2.32. The molecule has 0 bridgehead atoms. The average Bonchev–Trinajstić information content (AvgIpc) is 3.30. The first-order valence-electron chi connectivity index (χ1n) is 10.6. The Morgan fingerprint density at radius 3 is 2.36 bits per heavy atom. The lowest BCUT2D eigenvalue weighted by Crippen LogP contribution is -2.48. The minimum atomic E-state index is -4.95. The van der Waals surface area contributed by atoms with Crippen molar-refractivity contribution in [1.29, 1.82) is 0 Å². The number of nitrogens with zero attached hydrogens (tertiary/aromatic N) is 1. The maximum absolute atomic E-state index is 14.3. The molecule has 1 saturated heterocycles. The number of hydrogen-bond donors (Lipinski definition) is 2. The SMILES string of the molecule is O=C(N1CCC(NSc2c[nH]c3c(S(=O)c4ccccc4)ccc(C(F)(F)OF)c23)CC1)C(F)(F)F. The van der Waals surface area contributed by atoms with Gasteiger partial charge in [-0.15, -0.1) is 4.94 Å². The first-order valence-corrected chi connectivity index (χ1v) is 12.6. The molecule has 36 heavy (non-hydrogen) atoms. The van der Waals surface area contributed by atoms with E-state index < -0.39 is 34.6 Å². The third-order valence-electron chi connectivity index (χ3n) is 5.69. The number of hydrogen-bond acceptors (Lipinski definition) is 5. The fourth-order valence-corrected chi connectivity index (χ4v) is 6.07. The highest BCUT2D eigenvalue weighted by molar-refractivity contribution is 7.97. The molecule has 1 unspecified atom stereocenters. The molecular weight excluding hydrogens is 532 g/mol. The molecule has 1 amide bonds. The Bertz CT molecular complexity index is 1260. The minimum absolute atomic E-state index is 0.0984. The minimum Gasteiger partial charge on any atom is -0.359 e. The van der Waals surface area contributed by atoms with Crippen LogP contribution in [0.2, 0.25) is 0 Å². The summed E-state index contributed by atoms with van der Waals surface area (Å²) in [6.45, 7) is -0.243. The summed E-state index contributed by atoms with van der Waals surface area (Å²) in [5, 5.41) is -0.110. The molecule has 1 aliphatic rings. The summed E-state index contributed by atoms with van der Waals surface area (Å²) in [6, 6.07) is 10.2. The first-order chi connectivity index (χ1) is 17.0. The van der Waals surface area contributed by atoms with Gasteiger partial charge in [-0.05, 0) is 53.6 Å². The molecule has 3 aromatic rings. The summed E-state index contributed by atoms with van der Waals surface area (Å²) in [5.74, 6) is -1.90. The standard InChI is InChI=1S/C22H19F6N3O3S2/c23-21(24,25)20(32)31-10-8-13(9-11-31)30-35-16-12-29-19-17(36(33)14-4-2-1-3-5-14)7-6-15(18(16)19)22(26,27)34-28/h1-7,12-13,29-30H,8-11H2. The van der Waals surface area contributed by atoms with Crippen LogP contribution in [-0.4, -0.2) is 45.3 Å². The second-order valence-electron chi connectivity index (χ2n) is 7.97. The Labute approximate surface area is 207 Å². The lowest BCUT2D eigenvalue weighted by molar-refractivity contribution is -0.363. The van der Waals surface area contributed by atoms with E-state index in [2.05, 4.69) is 14.6 Å². The van der Waals surface area contributed by atoms with Crippen LogP contribution in [0.3, 0.4) is 0 Å². The predicted octanol–water partition coefficient (Wildman–Crippen LogP) is 5.44. The van der Waals surface area contributed by atoms with Crippen molar-refractivity contribution in [3.05, 3.63) is 54.2 Å². The average molecular weight is 552 g/mol. The van der Waals surface area contributed by atoms with Crippen molar-refractivity contribution in [1.82, 2.24) is 14.6 Å². The molecule has 0 aliphatic carbocycles. The number of fused-ring (bicyclic) bond motifs is 1. The largest absolute Gasteiger partial charge is 0.471 e. The van der Waals surface area contributed by atoms with Crippen molar-refractivity contribution in [3.8, 4) is 0 Å². The number of benzene rings is 2. The van der Waals surface area contributed by atoms with Crippen LogP contribution >= 0.6 is 11.9 Å². The Hall–Kier alpha value is -2.55. The number of rotatable bonds is 7. The molecular formula is C22H19F6N3O3S2. The van der Waals surface area contributed by atoms with Gasteiger partial charge in [0.1, 0.15) is 0 Å². The monoisotopic (exact) mass is 551 g/mol. The molecule has 0 spiro atoms. The molecule has 1 aromatic heterocycles. The number of aromatic amines is 1. The third kappa shape index (κ3) is 5.41. The number of aromatic nitrogens is 1. The van der Waals surface area contributed by atoms with E-state index in [1.54, 1.807) is 30.3 Å². The molecule has 6 nitrogen and oxygen atoms in total. The number of likely N-dealkylation sites (tertiary alicyclic amines) is 1. The van der Waals surface area contributed by atoms with Crippen LogP contribution in [0.25, 0.3) is 10.9 Å². The van der Waals surface area contributed by atoms with Gasteiger partial charge in [0.25, 0.3) is 0 Å². The van der Waals surface area contributed by atoms with Gasteiger partial charge in [-0.1, -0.05) is 18.2 Å². The number of halogens is 6. The number of carbonyl (C=O) groups excluding carboxylic acids is 1. The molecule has 194 valence electrons. The summed E-state index contributed by atoms with van der Waals surface area (Å²) in [6.07, 6.45) is -7.44. The second-order valence-corrected chi connectivity index (χ2v) is 10.3. The molecule has 0 saturated carbocycles. The number of nitrogens with one attached hydrogen (secondary N) is 2. The van der Waals surface area contributed by atoms with Gasteiger partial charge in [-0.2, -0.15) is 22.0 Å². The Morgan fingerprint density at radius 2 is 1.75 bits per heavy atom. The van der Waals surface area contributed by atoms with E-state index in [-0.39, 0.29) is 52.7 Å². The van der Waals surface area contributed by atoms with Crippen molar-refractivity contribution < 1.29 is 40.4 Å². The van der Waals surface area contributed by atoms with Gasteiger partial charge < -0.3 is 9.88 Å². The quantitative estimate of drug-likeness (QED) is 0.303. The predicted molar refractivity (Wildman–Crippen MR) is 120 cm³/mol. The summed E-state index contributed by atoms with van der Waals surface area (Å²) in [4.78, 5) is 18.7. The van der Waals surface area contributed by atoms with E-state index in [9.17, 15) is 35.5 Å². The van der Waals surface area contributed by atoms with Crippen molar-refractivity contribution in [3.63, 3.8) is 0 Å². The van der Waals surface area contributed by atoms with E-state index in [0.717, 1.165) is 22.9 Å². The molecule has 2 N–H and O–H groups in total. The fourth-order valence-electron chi connectivity index (χ4n) is 3.91. The molecule has 0 radical (unpaired) electrons. The molecule has 1 fully saturated rings. The molecule has 14 heteroatoms. The van der Waals surface area contributed by atoms with Crippen LogP contribution in [-0.2, 0) is 26.6 Å². The van der Waals surface area contributed by atoms with Gasteiger partial charge in [0, 0.05) is 40.5 Å². The Balaban J connectivity index is 1.58. The highest BCUT2D eigenvalue weighted by Crippen LogP contribution is 2.41. The van der Waals surface area contributed by atoms with Crippen LogP contribution in [0.15, 0.2) is 63.3 Å². The Kier molecular flexibility index (Phi) is 7.69. The van der Waals surface area contributed by atoms with Crippen LogP contribution in [0.1, 0.15) is 18.4 Å². The summed E-state index contributed by atoms with van der Waals surface area (Å²) in [7, 11) is -1.74. The van der Waals surface area contributed by atoms with Gasteiger partial charge in [-0.3, -0.25) is 9.52 Å². The van der Waals surface area contributed by atoms with Gasteiger partial charge >= 0.3 is 18.2 Å². The lowest BCUT2D eigenvalue weighted by atomic mass is 10.1. The number of amides is 1. The third-order valence-corrected chi connectivity index (χ3v) is 8.12. The van der Waals surface area contributed by atoms with E-state index in [1.165, 1.54) is 12.3 Å². The maximum atomic E-state index is 14.3. The van der Waals surface area contributed by atoms with Crippen LogP contribution in [0.5, 0.6) is 0 Å². The van der Waals surface area contributed by atoms with Gasteiger partial charge in [0.15, 0.2) is 0 Å². The zero-order chi connectivity index (χ0) is 26.1. The number of carbonyl (C=O) groups is 1. The van der Waals surface area contributed by atoms with Crippen molar-refractivity contribution in [2.45, 2.75) is 45.9 Å². The molecule has 1 atom stereocenters. The number of piperidine rings is 1. The fraction of sp³-hybridized carbons (Fsp3) is 0.318. The molecule has 2 aromatic carbocycles. The molecule has 2 heterocycles. The van der Waals surface area contributed by atoms with Gasteiger partial charge in [0.05, 0.1) is 26.8 Å². The van der Waals surface area contributed by atoms with Crippen LogP contribution in [0, 0.1) is 0 Å². The topological polar surface area (TPSA) is 74.4 Å². The van der Waals surface area contributed by atoms with E-state index in [4.69, 9.17) is 0 Å². The first kappa shape index (κ1) is 26.5. The van der Waals surface area contributed by atoms with Gasteiger partial charge in [-0.25, -0.2) is 4.21 Å². The van der Waals surface area contributed by atoms with Crippen molar-refractivity contribution >= 4 is 39.6 Å². The molecule has 1 aliphatic heterocycles. The van der Waals surface area contributed by atoms with E-state index in [0.29, 0.717) is 4.90 Å². The van der Waals surface area contributed by atoms with Crippen molar-refractivity contribution in [2.75, 3.05) is 13.1 Å². The zero-order valence-corrected chi connectivity index (χ0v) is 19.9. The van der Waals surface area contributed by atoms with Crippen LogP contribution in [0.4, 0.5) is 26.5 Å². The Morgan fingerprint density at radius 1 is 1.08 bits per heavy atom. The second kappa shape index (κ2) is 10.4. The zero-order valence-electron chi connectivity index (χ0n) is 18.3. The summed E-state index contributed by atoms with van der Waals surface area (Å²) < 4.78 is 95.4. The smallest absolute Gasteiger partial charge is 0.359 e. The maximum Gasteiger partial charge on any atom is 0.471 e. The van der Waals surface area contributed by atoms with Crippen molar-refractivity contribution in [2.24, 2.45) is 0 Å². The van der Waals surface area contributed by atoms with E-state index in [1.807, 2.05) is 0 Å². The highest BCUT2D eigenvalue weighted by atomic mass is 32.2.